The summed E-state index contributed by atoms with van der Waals surface area (Å²) in [6.07, 6.45) is 2.30. The zero-order valence-corrected chi connectivity index (χ0v) is 12.2. The van der Waals surface area contributed by atoms with Crippen LogP contribution in [0.4, 0.5) is 5.82 Å². The van der Waals surface area contributed by atoms with E-state index in [9.17, 15) is 0 Å². The smallest absolute Gasteiger partial charge is 0.126 e. The van der Waals surface area contributed by atoms with Crippen molar-refractivity contribution < 1.29 is 0 Å². The number of unbranched alkanes of at least 4 members (excludes halogenated alkanes) is 1. The number of nitrogens with one attached hydrogen (secondary N) is 1. The maximum absolute atomic E-state index is 5.63. The molecule has 1 heterocycles. The Bertz CT molecular complexity index is 404. The van der Waals surface area contributed by atoms with Crippen molar-refractivity contribution in [2.24, 2.45) is 5.73 Å². The van der Waals surface area contributed by atoms with Crippen LogP contribution in [0.2, 0.25) is 0 Å². The van der Waals surface area contributed by atoms with Gasteiger partial charge < -0.3 is 16.0 Å². The van der Waals surface area contributed by atoms with Gasteiger partial charge in [0.2, 0.25) is 0 Å². The van der Waals surface area contributed by atoms with E-state index in [-0.39, 0.29) is 0 Å². The van der Waals surface area contributed by atoms with Gasteiger partial charge in [0.15, 0.2) is 0 Å². The molecule has 100 valence electrons. The van der Waals surface area contributed by atoms with E-state index in [0.717, 1.165) is 36.6 Å². The first-order valence-corrected chi connectivity index (χ1v) is 6.57. The maximum atomic E-state index is 5.63. The van der Waals surface area contributed by atoms with Crippen LogP contribution < -0.4 is 11.1 Å². The summed E-state index contributed by atoms with van der Waals surface area (Å²) in [4.78, 5) is 7.02. The molecule has 0 amide bonds. The summed E-state index contributed by atoms with van der Waals surface area (Å²) >= 11 is 4.98. The number of nitrogens with two attached hydrogens (primary N) is 1. The fourth-order valence-electron chi connectivity index (χ4n) is 1.67. The van der Waals surface area contributed by atoms with Crippen LogP contribution >= 0.6 is 12.2 Å². The second-order valence-electron chi connectivity index (χ2n) is 4.68. The number of pyridine rings is 1. The molecule has 0 saturated heterocycles. The van der Waals surface area contributed by atoms with Crippen molar-refractivity contribution in [2.75, 3.05) is 32.5 Å². The second-order valence-corrected chi connectivity index (χ2v) is 5.12. The summed E-state index contributed by atoms with van der Waals surface area (Å²) in [6, 6.07) is 3.81. The fraction of sp³-hybridized carbons (Fsp3) is 0.538. The molecule has 5 heteroatoms. The predicted octanol–water partition coefficient (Wildman–Crippen LogP) is 1.78. The van der Waals surface area contributed by atoms with Crippen LogP contribution in [0.15, 0.2) is 12.1 Å². The molecular weight excluding hydrogens is 244 g/mol. The molecule has 0 spiro atoms. The molecule has 0 aliphatic carbocycles. The molecule has 0 atom stereocenters. The molecular formula is C13H22N4S. The fourth-order valence-corrected chi connectivity index (χ4v) is 1.79. The Morgan fingerprint density at radius 3 is 2.72 bits per heavy atom. The Morgan fingerprint density at radius 2 is 2.11 bits per heavy atom. The lowest BCUT2D eigenvalue weighted by Crippen LogP contribution is -2.15. The lowest BCUT2D eigenvalue weighted by Gasteiger charge is -2.10. The van der Waals surface area contributed by atoms with E-state index in [1.54, 1.807) is 0 Å². The number of thiocarbonyl (C=S) groups is 1. The third-order valence-corrected chi connectivity index (χ3v) is 2.81. The minimum absolute atomic E-state index is 0.413. The molecule has 3 N–H and O–H groups in total. The monoisotopic (exact) mass is 266 g/mol. The third kappa shape index (κ3) is 5.42. The number of hydrogen-bond acceptors (Lipinski definition) is 4. The molecule has 4 nitrogen and oxygen atoms in total. The summed E-state index contributed by atoms with van der Waals surface area (Å²) < 4.78 is 0. The molecule has 0 radical (unpaired) electrons. The molecule has 0 fully saturated rings. The largest absolute Gasteiger partial charge is 0.389 e. The van der Waals surface area contributed by atoms with Gasteiger partial charge in [0.25, 0.3) is 0 Å². The number of aromatic nitrogens is 1. The van der Waals surface area contributed by atoms with Gasteiger partial charge in [-0.1, -0.05) is 12.2 Å². The second kappa shape index (κ2) is 7.28. The van der Waals surface area contributed by atoms with Crippen molar-refractivity contribution in [2.45, 2.75) is 19.8 Å². The lowest BCUT2D eigenvalue weighted by molar-refractivity contribution is 0.396. The molecule has 0 aliphatic heterocycles. The van der Waals surface area contributed by atoms with E-state index in [1.165, 1.54) is 6.42 Å². The molecule has 1 rings (SSSR count). The van der Waals surface area contributed by atoms with Gasteiger partial charge in [-0.25, -0.2) is 4.98 Å². The predicted molar refractivity (Wildman–Crippen MR) is 81.1 cm³/mol. The van der Waals surface area contributed by atoms with E-state index in [4.69, 9.17) is 18.0 Å². The quantitative estimate of drug-likeness (QED) is 0.582. The van der Waals surface area contributed by atoms with Gasteiger partial charge in [-0.3, -0.25) is 0 Å². The number of hydrogen-bond donors (Lipinski definition) is 2. The van der Waals surface area contributed by atoms with Crippen molar-refractivity contribution in [1.29, 1.82) is 0 Å². The summed E-state index contributed by atoms with van der Waals surface area (Å²) in [5, 5.41) is 3.31. The summed E-state index contributed by atoms with van der Waals surface area (Å²) in [6.45, 7) is 3.97. The number of nitrogens with zero attached hydrogens (tertiary/aromatic N) is 2. The third-order valence-electron chi connectivity index (χ3n) is 2.58. The highest BCUT2D eigenvalue weighted by Crippen LogP contribution is 2.10. The van der Waals surface area contributed by atoms with Gasteiger partial charge in [-0.05, 0) is 52.5 Å². The van der Waals surface area contributed by atoms with Gasteiger partial charge in [-0.15, -0.1) is 0 Å². The molecule has 0 saturated carbocycles. The molecule has 0 unspecified atom stereocenters. The van der Waals surface area contributed by atoms with Gasteiger partial charge >= 0.3 is 0 Å². The SMILES string of the molecule is Cc1cc(C(N)=S)cc(NCCCCN(C)C)n1. The highest BCUT2D eigenvalue weighted by molar-refractivity contribution is 7.80. The zero-order chi connectivity index (χ0) is 13.5. The molecule has 0 bridgehead atoms. The molecule has 1 aromatic heterocycles. The highest BCUT2D eigenvalue weighted by atomic mass is 32.1. The van der Waals surface area contributed by atoms with Crippen LogP contribution in [0.3, 0.4) is 0 Å². The Labute approximate surface area is 115 Å². The first-order chi connectivity index (χ1) is 8.49. The summed E-state index contributed by atoms with van der Waals surface area (Å²) in [5.41, 5.74) is 7.43. The Hall–Kier alpha value is -1.20. The molecule has 1 aromatic rings. The van der Waals surface area contributed by atoms with Crippen LogP contribution in [0.25, 0.3) is 0 Å². The van der Waals surface area contributed by atoms with E-state index in [1.807, 2.05) is 19.1 Å². The van der Waals surface area contributed by atoms with Crippen molar-refractivity contribution in [3.63, 3.8) is 0 Å². The van der Waals surface area contributed by atoms with Crippen molar-refractivity contribution in [3.05, 3.63) is 23.4 Å². The minimum atomic E-state index is 0.413. The maximum Gasteiger partial charge on any atom is 0.126 e. The van der Waals surface area contributed by atoms with Gasteiger partial charge in [0.05, 0.1) is 0 Å². The van der Waals surface area contributed by atoms with Crippen LogP contribution in [0, 0.1) is 6.92 Å². The van der Waals surface area contributed by atoms with Crippen LogP contribution in [0.5, 0.6) is 0 Å². The first kappa shape index (κ1) is 14.9. The number of rotatable bonds is 7. The highest BCUT2D eigenvalue weighted by Gasteiger charge is 2.02. The normalized spacial score (nSPS) is 10.7. The van der Waals surface area contributed by atoms with Crippen LogP contribution in [-0.4, -0.2) is 42.1 Å². The van der Waals surface area contributed by atoms with Crippen LogP contribution in [-0.2, 0) is 0 Å². The Morgan fingerprint density at radius 1 is 1.39 bits per heavy atom. The molecule has 18 heavy (non-hydrogen) atoms. The van der Waals surface area contributed by atoms with Crippen molar-refractivity contribution >= 4 is 23.0 Å². The van der Waals surface area contributed by atoms with Gasteiger partial charge in [0, 0.05) is 17.8 Å². The minimum Gasteiger partial charge on any atom is -0.389 e. The van der Waals surface area contributed by atoms with Crippen LogP contribution in [0.1, 0.15) is 24.1 Å². The average Bonchev–Trinajstić information content (AvgIpc) is 2.27. The van der Waals surface area contributed by atoms with Gasteiger partial charge in [0.1, 0.15) is 10.8 Å². The average molecular weight is 266 g/mol. The summed E-state index contributed by atoms with van der Waals surface area (Å²) in [7, 11) is 4.17. The van der Waals surface area contributed by atoms with E-state index < -0.39 is 0 Å². The standard InChI is InChI=1S/C13H22N4S/c1-10-8-11(13(14)18)9-12(16-10)15-6-4-5-7-17(2)3/h8-9H,4-7H2,1-3H3,(H2,14,18)(H,15,16). The van der Waals surface area contributed by atoms with Crippen molar-refractivity contribution in [3.8, 4) is 0 Å². The number of anilines is 1. The lowest BCUT2D eigenvalue weighted by atomic mass is 10.2. The van der Waals surface area contributed by atoms with E-state index in [2.05, 4.69) is 29.3 Å². The van der Waals surface area contributed by atoms with Gasteiger partial charge in [-0.2, -0.15) is 0 Å². The van der Waals surface area contributed by atoms with Crippen molar-refractivity contribution in [1.82, 2.24) is 9.88 Å². The molecule has 0 aromatic carbocycles. The van der Waals surface area contributed by atoms with E-state index in [0.29, 0.717) is 4.99 Å². The first-order valence-electron chi connectivity index (χ1n) is 6.16. The van der Waals surface area contributed by atoms with E-state index >= 15 is 0 Å². The Kier molecular flexibility index (Phi) is 6.01. The topological polar surface area (TPSA) is 54.2 Å². The number of aryl methyl sites for hydroxylation is 1. The molecule has 0 aliphatic rings. The Balaban J connectivity index is 2.44. The summed E-state index contributed by atoms with van der Waals surface area (Å²) in [5.74, 6) is 0.850. The zero-order valence-electron chi connectivity index (χ0n) is 11.4.